The van der Waals surface area contributed by atoms with E-state index < -0.39 is 0 Å². The molecule has 2 unspecified atom stereocenters. The highest BCUT2D eigenvalue weighted by atomic mass is 19.1. The van der Waals surface area contributed by atoms with Gasteiger partial charge < -0.3 is 16.0 Å². The molecule has 0 radical (unpaired) electrons. The van der Waals surface area contributed by atoms with Crippen molar-refractivity contribution in [2.75, 3.05) is 18.0 Å². The van der Waals surface area contributed by atoms with Crippen LogP contribution in [0.2, 0.25) is 0 Å². The summed E-state index contributed by atoms with van der Waals surface area (Å²) in [5.74, 6) is 0.393. The maximum Gasteiger partial charge on any atom is 0.220 e. The Labute approximate surface area is 118 Å². The van der Waals surface area contributed by atoms with Crippen molar-refractivity contribution >= 4 is 11.6 Å². The highest BCUT2D eigenvalue weighted by Crippen LogP contribution is 2.29. The quantitative estimate of drug-likeness (QED) is 0.859. The number of rotatable bonds is 2. The van der Waals surface area contributed by atoms with Crippen molar-refractivity contribution < 1.29 is 9.18 Å². The molecule has 1 aromatic carbocycles. The molecular formula is C15H20FN3O. The van der Waals surface area contributed by atoms with Gasteiger partial charge in [0.05, 0.1) is 0 Å². The normalized spacial score (nSPS) is 26.1. The zero-order valence-corrected chi connectivity index (χ0v) is 11.4. The number of piperidine rings is 2. The predicted octanol–water partition coefficient (Wildman–Crippen LogP) is 1.39. The number of halogens is 1. The van der Waals surface area contributed by atoms with E-state index in [0.717, 1.165) is 37.2 Å². The van der Waals surface area contributed by atoms with E-state index in [1.54, 1.807) is 6.07 Å². The smallest absolute Gasteiger partial charge is 0.220 e. The topological polar surface area (TPSA) is 58.4 Å². The molecule has 2 fully saturated rings. The molecule has 0 saturated carbocycles. The van der Waals surface area contributed by atoms with Crippen LogP contribution in [0.1, 0.15) is 24.8 Å². The molecule has 5 heteroatoms. The summed E-state index contributed by atoms with van der Waals surface area (Å²) >= 11 is 0. The third-order valence-corrected chi connectivity index (χ3v) is 4.37. The van der Waals surface area contributed by atoms with Crippen LogP contribution in [-0.4, -0.2) is 25.0 Å². The first-order chi connectivity index (χ1) is 9.65. The fraction of sp³-hybridized carbons (Fsp3) is 0.533. The number of fused-ring (bicyclic) bond motifs is 1. The number of benzene rings is 1. The van der Waals surface area contributed by atoms with Crippen molar-refractivity contribution in [3.8, 4) is 0 Å². The zero-order valence-electron chi connectivity index (χ0n) is 11.4. The molecule has 2 aliphatic rings. The van der Waals surface area contributed by atoms with Gasteiger partial charge in [-0.05, 0) is 42.5 Å². The molecule has 3 rings (SSSR count). The lowest BCUT2D eigenvalue weighted by atomic mass is 9.85. The number of hydrogen-bond donors (Lipinski definition) is 2. The standard InChI is InChI=1S/C15H20FN3O/c16-12-5-10(8-17)6-13(7-12)19-4-3-14-11(9-19)1-2-15(20)18-14/h5-7,11,14H,1-4,8-9,17H2,(H,18,20). The number of carbonyl (C=O) groups excluding carboxylic acids is 1. The van der Waals surface area contributed by atoms with Crippen LogP contribution in [0, 0.1) is 11.7 Å². The molecule has 0 bridgehead atoms. The van der Waals surface area contributed by atoms with E-state index in [-0.39, 0.29) is 17.8 Å². The fourth-order valence-corrected chi connectivity index (χ4v) is 3.28. The lowest BCUT2D eigenvalue weighted by Crippen LogP contribution is -2.54. The van der Waals surface area contributed by atoms with Crippen molar-refractivity contribution in [2.45, 2.75) is 31.8 Å². The second kappa shape index (κ2) is 5.40. The summed E-state index contributed by atoms with van der Waals surface area (Å²) < 4.78 is 13.6. The molecule has 0 spiro atoms. The summed E-state index contributed by atoms with van der Waals surface area (Å²) in [6.07, 6.45) is 2.45. The fourth-order valence-electron chi connectivity index (χ4n) is 3.28. The molecule has 20 heavy (non-hydrogen) atoms. The van der Waals surface area contributed by atoms with Crippen LogP contribution in [0.4, 0.5) is 10.1 Å². The summed E-state index contributed by atoms with van der Waals surface area (Å²) in [5, 5.41) is 3.06. The molecule has 1 aromatic rings. The number of carbonyl (C=O) groups is 1. The molecule has 2 saturated heterocycles. The van der Waals surface area contributed by atoms with Gasteiger partial charge in [0.2, 0.25) is 5.91 Å². The van der Waals surface area contributed by atoms with Gasteiger partial charge in [0, 0.05) is 37.8 Å². The van der Waals surface area contributed by atoms with Gasteiger partial charge in [0.1, 0.15) is 5.82 Å². The van der Waals surface area contributed by atoms with E-state index in [1.807, 2.05) is 6.07 Å². The van der Waals surface area contributed by atoms with E-state index in [0.29, 0.717) is 18.9 Å². The average molecular weight is 277 g/mol. The molecule has 3 N–H and O–H groups in total. The van der Waals surface area contributed by atoms with E-state index >= 15 is 0 Å². The molecule has 4 nitrogen and oxygen atoms in total. The molecule has 0 aliphatic carbocycles. The highest BCUT2D eigenvalue weighted by molar-refractivity contribution is 5.77. The lowest BCUT2D eigenvalue weighted by Gasteiger charge is -2.42. The molecule has 1 amide bonds. The van der Waals surface area contributed by atoms with Gasteiger partial charge in [-0.3, -0.25) is 4.79 Å². The van der Waals surface area contributed by atoms with E-state index in [1.165, 1.54) is 6.07 Å². The second-order valence-electron chi connectivity index (χ2n) is 5.73. The second-order valence-corrected chi connectivity index (χ2v) is 5.73. The third kappa shape index (κ3) is 2.63. The molecule has 2 heterocycles. The van der Waals surface area contributed by atoms with E-state index in [2.05, 4.69) is 10.2 Å². The van der Waals surface area contributed by atoms with E-state index in [9.17, 15) is 9.18 Å². The number of hydrogen-bond acceptors (Lipinski definition) is 3. The molecule has 0 aromatic heterocycles. The zero-order chi connectivity index (χ0) is 14.1. The Bertz CT molecular complexity index is 520. The van der Waals surface area contributed by atoms with Crippen LogP contribution < -0.4 is 16.0 Å². The van der Waals surface area contributed by atoms with Crippen molar-refractivity contribution in [1.29, 1.82) is 0 Å². The lowest BCUT2D eigenvalue weighted by molar-refractivity contribution is -0.124. The van der Waals surface area contributed by atoms with Crippen LogP contribution in [0.25, 0.3) is 0 Å². The Kier molecular flexibility index (Phi) is 3.61. The number of nitrogens with two attached hydrogens (primary N) is 1. The van der Waals surface area contributed by atoms with Crippen molar-refractivity contribution in [1.82, 2.24) is 5.32 Å². The Morgan fingerprint density at radius 3 is 3.00 bits per heavy atom. The minimum absolute atomic E-state index is 0.163. The van der Waals surface area contributed by atoms with E-state index in [4.69, 9.17) is 5.73 Å². The largest absolute Gasteiger partial charge is 0.371 e. The van der Waals surface area contributed by atoms with Crippen LogP contribution in [0.3, 0.4) is 0 Å². The Balaban J connectivity index is 1.76. The van der Waals surface area contributed by atoms with Gasteiger partial charge >= 0.3 is 0 Å². The van der Waals surface area contributed by atoms with Gasteiger partial charge in [-0.1, -0.05) is 0 Å². The Morgan fingerprint density at radius 2 is 2.20 bits per heavy atom. The molecule has 2 atom stereocenters. The molecular weight excluding hydrogens is 257 g/mol. The minimum atomic E-state index is -0.234. The highest BCUT2D eigenvalue weighted by Gasteiger charge is 2.33. The number of anilines is 1. The van der Waals surface area contributed by atoms with Gasteiger partial charge in [-0.25, -0.2) is 4.39 Å². The third-order valence-electron chi connectivity index (χ3n) is 4.37. The summed E-state index contributed by atoms with van der Waals surface area (Å²) in [4.78, 5) is 13.6. The van der Waals surface area contributed by atoms with Gasteiger partial charge in [0.25, 0.3) is 0 Å². The average Bonchev–Trinajstić information content (AvgIpc) is 2.46. The van der Waals surface area contributed by atoms with Gasteiger partial charge in [-0.15, -0.1) is 0 Å². The summed E-state index contributed by atoms with van der Waals surface area (Å²) in [6.45, 7) is 2.06. The van der Waals surface area contributed by atoms with Crippen molar-refractivity contribution in [3.63, 3.8) is 0 Å². The maximum atomic E-state index is 13.6. The minimum Gasteiger partial charge on any atom is -0.371 e. The first-order valence-electron chi connectivity index (χ1n) is 7.19. The van der Waals surface area contributed by atoms with Crippen LogP contribution >= 0.6 is 0 Å². The number of nitrogens with one attached hydrogen (secondary N) is 1. The summed E-state index contributed by atoms with van der Waals surface area (Å²) in [5.41, 5.74) is 7.33. The molecule has 108 valence electrons. The Hall–Kier alpha value is -1.62. The first-order valence-corrected chi connectivity index (χ1v) is 7.19. The molecule has 2 aliphatic heterocycles. The number of amides is 1. The van der Waals surface area contributed by atoms with Gasteiger partial charge in [0.15, 0.2) is 0 Å². The SMILES string of the molecule is NCc1cc(F)cc(N2CCC3NC(=O)CCC3C2)c1. The van der Waals surface area contributed by atoms with Crippen LogP contribution in [-0.2, 0) is 11.3 Å². The monoisotopic (exact) mass is 277 g/mol. The maximum absolute atomic E-state index is 13.6. The van der Waals surface area contributed by atoms with Crippen molar-refractivity contribution in [3.05, 3.63) is 29.6 Å². The predicted molar refractivity (Wildman–Crippen MR) is 75.8 cm³/mol. The summed E-state index contributed by atoms with van der Waals surface area (Å²) in [7, 11) is 0. The number of nitrogens with zero attached hydrogens (tertiary/aromatic N) is 1. The van der Waals surface area contributed by atoms with Crippen LogP contribution in [0.15, 0.2) is 18.2 Å². The van der Waals surface area contributed by atoms with Crippen molar-refractivity contribution in [2.24, 2.45) is 11.7 Å². The summed E-state index contributed by atoms with van der Waals surface area (Å²) in [6, 6.07) is 5.30. The Morgan fingerprint density at radius 1 is 1.35 bits per heavy atom. The first kappa shape index (κ1) is 13.4. The van der Waals surface area contributed by atoms with Crippen LogP contribution in [0.5, 0.6) is 0 Å². The van der Waals surface area contributed by atoms with Gasteiger partial charge in [-0.2, -0.15) is 0 Å².